The van der Waals surface area contributed by atoms with Gasteiger partial charge in [-0.2, -0.15) is 0 Å². The molecule has 2 saturated carbocycles. The van der Waals surface area contributed by atoms with Crippen molar-refractivity contribution in [3.63, 3.8) is 0 Å². The summed E-state index contributed by atoms with van der Waals surface area (Å²) in [6, 6.07) is 0. The molecular formula is C19H25BrO. The topological polar surface area (TPSA) is 17.1 Å². The van der Waals surface area contributed by atoms with Crippen molar-refractivity contribution in [3.8, 4) is 0 Å². The second-order valence-electron chi connectivity index (χ2n) is 8.25. The highest BCUT2D eigenvalue weighted by Gasteiger charge is 2.56. The number of ketones is 1. The van der Waals surface area contributed by atoms with Gasteiger partial charge in [-0.1, -0.05) is 41.9 Å². The van der Waals surface area contributed by atoms with Crippen LogP contribution in [0.1, 0.15) is 52.4 Å². The SMILES string of the molecule is C[C@@]12C=CCC1C1C[C@@H](Br)C3=CC(=O)CC[C@]3(C)C1CC2. The zero-order valence-electron chi connectivity index (χ0n) is 13.1. The number of hydrogen-bond acceptors (Lipinski definition) is 1. The molecule has 4 rings (SSSR count). The van der Waals surface area contributed by atoms with Gasteiger partial charge in [0.05, 0.1) is 0 Å². The molecule has 4 aliphatic rings. The molecule has 0 bridgehead atoms. The summed E-state index contributed by atoms with van der Waals surface area (Å²) in [5.41, 5.74) is 2.11. The smallest absolute Gasteiger partial charge is 0.155 e. The van der Waals surface area contributed by atoms with Gasteiger partial charge in [0.2, 0.25) is 0 Å². The van der Waals surface area contributed by atoms with Crippen LogP contribution in [0.15, 0.2) is 23.8 Å². The predicted octanol–water partition coefficient (Wildman–Crippen LogP) is 5.06. The molecule has 0 N–H and O–H groups in total. The minimum Gasteiger partial charge on any atom is -0.295 e. The van der Waals surface area contributed by atoms with Crippen molar-refractivity contribution in [1.29, 1.82) is 0 Å². The van der Waals surface area contributed by atoms with Crippen LogP contribution < -0.4 is 0 Å². The Balaban J connectivity index is 1.74. The van der Waals surface area contributed by atoms with Crippen molar-refractivity contribution in [1.82, 2.24) is 0 Å². The van der Waals surface area contributed by atoms with Gasteiger partial charge in [-0.05, 0) is 72.3 Å². The molecule has 114 valence electrons. The minimum absolute atomic E-state index is 0.259. The standard InChI is InChI=1S/C19H25BrO/c1-18-7-3-4-14(18)13-11-17(20)16-10-12(21)5-9-19(16,2)15(13)6-8-18/h3,7,10,13-15,17H,4-6,8-9,11H2,1-2H3/t13?,14?,15?,17-,18+,19-/m1/s1. The van der Waals surface area contributed by atoms with Crippen LogP contribution in [0.3, 0.4) is 0 Å². The first-order chi connectivity index (χ1) is 9.94. The van der Waals surface area contributed by atoms with Gasteiger partial charge in [0, 0.05) is 11.2 Å². The van der Waals surface area contributed by atoms with E-state index >= 15 is 0 Å². The summed E-state index contributed by atoms with van der Waals surface area (Å²) in [5, 5.41) is 0. The van der Waals surface area contributed by atoms with E-state index in [4.69, 9.17) is 0 Å². The Kier molecular flexibility index (Phi) is 3.10. The number of hydrogen-bond donors (Lipinski definition) is 0. The number of alkyl halides is 1. The molecule has 4 aliphatic carbocycles. The largest absolute Gasteiger partial charge is 0.295 e. The van der Waals surface area contributed by atoms with Crippen LogP contribution in [0.25, 0.3) is 0 Å². The Labute approximate surface area is 136 Å². The Morgan fingerprint density at radius 2 is 2.05 bits per heavy atom. The number of halogens is 1. The molecule has 0 aromatic heterocycles. The van der Waals surface area contributed by atoms with E-state index < -0.39 is 0 Å². The lowest BCUT2D eigenvalue weighted by molar-refractivity contribution is -0.117. The molecule has 3 unspecified atom stereocenters. The van der Waals surface area contributed by atoms with Gasteiger partial charge in [-0.3, -0.25) is 4.79 Å². The van der Waals surface area contributed by atoms with E-state index in [1.807, 2.05) is 6.08 Å². The average molecular weight is 349 g/mol. The van der Waals surface area contributed by atoms with Crippen LogP contribution in [-0.2, 0) is 4.79 Å². The van der Waals surface area contributed by atoms with E-state index in [0.29, 0.717) is 16.0 Å². The monoisotopic (exact) mass is 348 g/mol. The summed E-state index contributed by atoms with van der Waals surface area (Å²) in [6.45, 7) is 4.92. The van der Waals surface area contributed by atoms with Crippen LogP contribution in [0.5, 0.6) is 0 Å². The molecule has 0 heterocycles. The maximum atomic E-state index is 11.9. The Hall–Kier alpha value is -0.370. The van der Waals surface area contributed by atoms with E-state index in [0.717, 1.165) is 30.6 Å². The van der Waals surface area contributed by atoms with Crippen molar-refractivity contribution in [2.75, 3.05) is 0 Å². The zero-order valence-corrected chi connectivity index (χ0v) is 14.7. The molecule has 0 aliphatic heterocycles. The molecule has 6 atom stereocenters. The van der Waals surface area contributed by atoms with Crippen LogP contribution in [0, 0.1) is 28.6 Å². The van der Waals surface area contributed by atoms with Gasteiger partial charge in [0.15, 0.2) is 5.78 Å². The summed E-state index contributed by atoms with van der Waals surface area (Å²) in [7, 11) is 0. The summed E-state index contributed by atoms with van der Waals surface area (Å²) >= 11 is 3.93. The highest BCUT2D eigenvalue weighted by Crippen LogP contribution is 2.64. The van der Waals surface area contributed by atoms with Crippen LogP contribution in [0.4, 0.5) is 0 Å². The zero-order chi connectivity index (χ0) is 14.8. The second-order valence-corrected chi connectivity index (χ2v) is 9.35. The molecule has 0 spiro atoms. The Morgan fingerprint density at radius 1 is 1.24 bits per heavy atom. The van der Waals surface area contributed by atoms with Crippen molar-refractivity contribution >= 4 is 21.7 Å². The number of carbonyl (C=O) groups excluding carboxylic acids is 1. The van der Waals surface area contributed by atoms with Crippen molar-refractivity contribution in [2.24, 2.45) is 28.6 Å². The quantitative estimate of drug-likeness (QED) is 0.441. The number of fused-ring (bicyclic) bond motifs is 5. The first kappa shape index (κ1) is 14.2. The molecular weight excluding hydrogens is 324 g/mol. The number of carbonyl (C=O) groups is 1. The lowest BCUT2D eigenvalue weighted by Crippen LogP contribution is -2.52. The normalized spacial score (nSPS) is 52.0. The third-order valence-corrected chi connectivity index (χ3v) is 8.13. The molecule has 0 aromatic carbocycles. The molecule has 21 heavy (non-hydrogen) atoms. The van der Waals surface area contributed by atoms with Crippen molar-refractivity contribution in [2.45, 2.75) is 57.2 Å². The van der Waals surface area contributed by atoms with Crippen molar-refractivity contribution in [3.05, 3.63) is 23.8 Å². The van der Waals surface area contributed by atoms with E-state index in [9.17, 15) is 4.79 Å². The van der Waals surface area contributed by atoms with Crippen molar-refractivity contribution < 1.29 is 4.79 Å². The highest BCUT2D eigenvalue weighted by molar-refractivity contribution is 9.09. The average Bonchev–Trinajstić information content (AvgIpc) is 2.83. The first-order valence-corrected chi connectivity index (χ1v) is 9.42. The summed E-state index contributed by atoms with van der Waals surface area (Å²) in [6.07, 6.45) is 13.9. The molecule has 1 nitrogen and oxygen atoms in total. The van der Waals surface area contributed by atoms with Gasteiger partial charge in [0.1, 0.15) is 0 Å². The lowest BCUT2D eigenvalue weighted by atomic mass is 9.47. The van der Waals surface area contributed by atoms with Gasteiger partial charge in [-0.25, -0.2) is 0 Å². The first-order valence-electron chi connectivity index (χ1n) is 8.51. The molecule has 2 fully saturated rings. The number of rotatable bonds is 0. The third kappa shape index (κ3) is 1.90. The van der Waals surface area contributed by atoms with Gasteiger partial charge < -0.3 is 0 Å². The highest BCUT2D eigenvalue weighted by atomic mass is 79.9. The summed E-state index contributed by atoms with van der Waals surface area (Å²) in [5.74, 6) is 2.77. The van der Waals surface area contributed by atoms with Gasteiger partial charge in [-0.15, -0.1) is 0 Å². The van der Waals surface area contributed by atoms with Gasteiger partial charge >= 0.3 is 0 Å². The van der Waals surface area contributed by atoms with E-state index in [1.165, 1.54) is 31.3 Å². The second kappa shape index (κ2) is 4.57. The fourth-order valence-electron chi connectivity index (χ4n) is 6.04. The fraction of sp³-hybridized carbons (Fsp3) is 0.737. The Bertz CT molecular complexity index is 548. The summed E-state index contributed by atoms with van der Waals surface area (Å²) < 4.78 is 0. The van der Waals surface area contributed by atoms with Crippen LogP contribution >= 0.6 is 15.9 Å². The maximum Gasteiger partial charge on any atom is 0.155 e. The Morgan fingerprint density at radius 3 is 2.86 bits per heavy atom. The third-order valence-electron chi connectivity index (χ3n) is 7.26. The fourth-order valence-corrected chi connectivity index (χ4v) is 7.13. The maximum absolute atomic E-state index is 11.9. The van der Waals surface area contributed by atoms with Crippen LogP contribution in [-0.4, -0.2) is 10.6 Å². The van der Waals surface area contributed by atoms with Crippen LogP contribution in [0.2, 0.25) is 0 Å². The predicted molar refractivity (Wildman–Crippen MR) is 89.3 cm³/mol. The summed E-state index contributed by atoms with van der Waals surface area (Å²) in [4.78, 5) is 12.3. The molecule has 0 saturated heterocycles. The number of allylic oxidation sites excluding steroid dienone is 4. The molecule has 0 radical (unpaired) electrons. The van der Waals surface area contributed by atoms with E-state index in [1.54, 1.807) is 0 Å². The van der Waals surface area contributed by atoms with E-state index in [-0.39, 0.29) is 5.41 Å². The van der Waals surface area contributed by atoms with E-state index in [2.05, 4.69) is 41.9 Å². The molecule has 2 heteroatoms. The molecule has 0 aromatic rings. The lowest BCUT2D eigenvalue weighted by Gasteiger charge is -2.58. The minimum atomic E-state index is 0.259. The molecule has 0 amide bonds. The van der Waals surface area contributed by atoms with Gasteiger partial charge in [0.25, 0.3) is 0 Å².